The van der Waals surface area contributed by atoms with Crippen molar-refractivity contribution in [2.45, 2.75) is 26.3 Å². The molecule has 4 N–H and O–H groups in total. The maximum Gasteiger partial charge on any atom is 0.245 e. The first-order chi connectivity index (χ1) is 11.5. The Balaban J connectivity index is 1.81. The summed E-state index contributed by atoms with van der Waals surface area (Å²) >= 11 is 1.42. The fraction of sp³-hybridized carbons (Fsp3) is 0.353. The van der Waals surface area contributed by atoms with Gasteiger partial charge < -0.3 is 16.4 Å². The highest BCUT2D eigenvalue weighted by molar-refractivity contribution is 7.15. The molecular formula is C17H22N4O2S. The third kappa shape index (κ3) is 5.43. The lowest BCUT2D eigenvalue weighted by Crippen LogP contribution is -2.46. The number of amides is 2. The number of anilines is 1. The van der Waals surface area contributed by atoms with Gasteiger partial charge in [-0.25, -0.2) is 4.98 Å². The molecule has 2 aromatic rings. The molecule has 2 rings (SSSR count). The Labute approximate surface area is 145 Å². The third-order valence-corrected chi connectivity index (χ3v) is 4.38. The van der Waals surface area contributed by atoms with E-state index < -0.39 is 6.04 Å². The van der Waals surface area contributed by atoms with Crippen molar-refractivity contribution in [1.29, 1.82) is 0 Å². The van der Waals surface area contributed by atoms with Gasteiger partial charge in [-0.1, -0.05) is 44.2 Å². The van der Waals surface area contributed by atoms with E-state index in [1.807, 2.05) is 44.2 Å². The van der Waals surface area contributed by atoms with Crippen LogP contribution in [0, 0.1) is 5.92 Å². The highest BCUT2D eigenvalue weighted by atomic mass is 32.1. The molecule has 0 saturated carbocycles. The molecule has 128 valence electrons. The van der Waals surface area contributed by atoms with Crippen LogP contribution in [-0.2, 0) is 16.0 Å². The van der Waals surface area contributed by atoms with Gasteiger partial charge in [0.1, 0.15) is 0 Å². The van der Waals surface area contributed by atoms with Gasteiger partial charge >= 0.3 is 0 Å². The summed E-state index contributed by atoms with van der Waals surface area (Å²) in [6.45, 7) is 3.59. The van der Waals surface area contributed by atoms with Gasteiger partial charge in [0.15, 0.2) is 5.13 Å². The number of nitrogens with two attached hydrogens (primary N) is 1. The van der Waals surface area contributed by atoms with E-state index in [-0.39, 0.29) is 24.3 Å². The first kappa shape index (κ1) is 18.1. The molecule has 1 heterocycles. The summed E-state index contributed by atoms with van der Waals surface area (Å²) < 4.78 is 0. The van der Waals surface area contributed by atoms with Gasteiger partial charge in [-0.2, -0.15) is 0 Å². The Morgan fingerprint density at radius 2 is 1.96 bits per heavy atom. The number of carbonyl (C=O) groups excluding carboxylic acids is 2. The van der Waals surface area contributed by atoms with Gasteiger partial charge in [0.05, 0.1) is 12.6 Å². The number of hydrogen-bond donors (Lipinski definition) is 3. The summed E-state index contributed by atoms with van der Waals surface area (Å²) in [6.07, 6.45) is 2.52. The Hall–Kier alpha value is -2.25. The topological polar surface area (TPSA) is 97.1 Å². The number of nitrogens with zero attached hydrogens (tertiary/aromatic N) is 1. The van der Waals surface area contributed by atoms with E-state index in [4.69, 9.17) is 5.73 Å². The van der Waals surface area contributed by atoms with Crippen molar-refractivity contribution in [3.05, 3.63) is 47.0 Å². The van der Waals surface area contributed by atoms with Gasteiger partial charge in [-0.15, -0.1) is 11.3 Å². The molecule has 0 unspecified atom stereocenters. The average Bonchev–Trinajstić information content (AvgIpc) is 2.99. The highest BCUT2D eigenvalue weighted by Gasteiger charge is 2.17. The molecule has 1 atom stereocenters. The lowest BCUT2D eigenvalue weighted by atomic mass is 10.1. The van der Waals surface area contributed by atoms with E-state index >= 15 is 0 Å². The first-order valence-electron chi connectivity index (χ1n) is 7.77. The quantitative estimate of drug-likeness (QED) is 0.712. The van der Waals surface area contributed by atoms with Crippen LogP contribution in [0.1, 0.15) is 24.3 Å². The van der Waals surface area contributed by atoms with Crippen molar-refractivity contribution in [2.75, 3.05) is 11.9 Å². The van der Waals surface area contributed by atoms with Gasteiger partial charge in [0, 0.05) is 17.5 Å². The van der Waals surface area contributed by atoms with E-state index in [1.165, 1.54) is 16.9 Å². The minimum Gasteiger partial charge on any atom is -0.346 e. The first-order valence-corrected chi connectivity index (χ1v) is 8.59. The molecule has 0 aliphatic heterocycles. The Kier molecular flexibility index (Phi) is 6.45. The predicted molar refractivity (Wildman–Crippen MR) is 95.8 cm³/mol. The van der Waals surface area contributed by atoms with E-state index in [9.17, 15) is 9.59 Å². The van der Waals surface area contributed by atoms with Crippen LogP contribution in [0.2, 0.25) is 0 Å². The van der Waals surface area contributed by atoms with Crippen molar-refractivity contribution in [3.8, 4) is 0 Å². The monoisotopic (exact) mass is 346 g/mol. The zero-order valence-electron chi connectivity index (χ0n) is 13.8. The van der Waals surface area contributed by atoms with Crippen LogP contribution in [0.4, 0.5) is 5.13 Å². The van der Waals surface area contributed by atoms with Crippen molar-refractivity contribution < 1.29 is 9.59 Å². The second-order valence-electron chi connectivity index (χ2n) is 5.83. The number of aromatic nitrogens is 1. The molecule has 0 spiro atoms. The molecule has 0 saturated heterocycles. The molecular weight excluding hydrogens is 324 g/mol. The van der Waals surface area contributed by atoms with Crippen LogP contribution in [0.3, 0.4) is 0 Å². The molecule has 0 bridgehead atoms. The van der Waals surface area contributed by atoms with E-state index in [2.05, 4.69) is 15.6 Å². The van der Waals surface area contributed by atoms with Gasteiger partial charge in [0.2, 0.25) is 11.8 Å². The van der Waals surface area contributed by atoms with E-state index in [1.54, 1.807) is 6.20 Å². The average molecular weight is 346 g/mol. The second kappa shape index (κ2) is 8.56. The molecule has 6 nitrogen and oxygen atoms in total. The van der Waals surface area contributed by atoms with Gasteiger partial charge in [0.25, 0.3) is 0 Å². The van der Waals surface area contributed by atoms with Crippen LogP contribution in [0.15, 0.2) is 36.5 Å². The van der Waals surface area contributed by atoms with Crippen molar-refractivity contribution >= 4 is 28.3 Å². The SMILES string of the molecule is CC(C)[C@H](N)C(=O)NCC(=O)Nc1ncc(Cc2ccccc2)s1. The summed E-state index contributed by atoms with van der Waals surface area (Å²) in [5.74, 6) is -0.628. The summed E-state index contributed by atoms with van der Waals surface area (Å²) in [5.41, 5.74) is 6.91. The number of rotatable bonds is 7. The van der Waals surface area contributed by atoms with Crippen LogP contribution >= 0.6 is 11.3 Å². The standard InChI is InChI=1S/C17H22N4O2S/c1-11(2)15(18)16(23)19-10-14(22)21-17-20-9-13(24-17)8-12-6-4-3-5-7-12/h3-7,9,11,15H,8,10,18H2,1-2H3,(H,19,23)(H,20,21,22)/t15-/m0/s1. The molecule has 1 aromatic heterocycles. The summed E-state index contributed by atoms with van der Waals surface area (Å²) in [7, 11) is 0. The minimum atomic E-state index is -0.616. The molecule has 2 amide bonds. The van der Waals surface area contributed by atoms with Gasteiger partial charge in [-0.05, 0) is 11.5 Å². The summed E-state index contributed by atoms with van der Waals surface area (Å²) in [6, 6.07) is 9.43. The smallest absolute Gasteiger partial charge is 0.245 e. The van der Waals surface area contributed by atoms with E-state index in [0.29, 0.717) is 5.13 Å². The number of thiazole rings is 1. The lowest BCUT2D eigenvalue weighted by Gasteiger charge is -2.14. The van der Waals surface area contributed by atoms with E-state index in [0.717, 1.165) is 11.3 Å². The number of nitrogens with one attached hydrogen (secondary N) is 2. The maximum absolute atomic E-state index is 11.9. The van der Waals surface area contributed by atoms with Gasteiger partial charge in [-0.3, -0.25) is 9.59 Å². The lowest BCUT2D eigenvalue weighted by molar-refractivity contribution is -0.125. The van der Waals surface area contributed by atoms with Crippen LogP contribution in [0.5, 0.6) is 0 Å². The Morgan fingerprint density at radius 3 is 2.62 bits per heavy atom. The highest BCUT2D eigenvalue weighted by Crippen LogP contribution is 2.20. The minimum absolute atomic E-state index is 0.0209. The fourth-order valence-corrected chi connectivity index (χ4v) is 2.86. The molecule has 0 aliphatic carbocycles. The van der Waals surface area contributed by atoms with Crippen molar-refractivity contribution in [2.24, 2.45) is 11.7 Å². The molecule has 1 aromatic carbocycles. The largest absolute Gasteiger partial charge is 0.346 e. The fourth-order valence-electron chi connectivity index (χ4n) is 2.00. The third-order valence-electron chi connectivity index (χ3n) is 3.47. The predicted octanol–water partition coefficient (Wildman–Crippen LogP) is 1.77. The van der Waals surface area contributed by atoms with Crippen LogP contribution in [-0.4, -0.2) is 29.4 Å². The van der Waals surface area contributed by atoms with Crippen LogP contribution in [0.25, 0.3) is 0 Å². The summed E-state index contributed by atoms with van der Waals surface area (Å²) in [4.78, 5) is 28.8. The maximum atomic E-state index is 11.9. The van der Waals surface area contributed by atoms with Crippen LogP contribution < -0.4 is 16.4 Å². The zero-order chi connectivity index (χ0) is 17.5. The number of benzene rings is 1. The molecule has 0 aliphatic rings. The molecule has 0 radical (unpaired) electrons. The Bertz CT molecular complexity index is 685. The van der Waals surface area contributed by atoms with Crippen molar-refractivity contribution in [1.82, 2.24) is 10.3 Å². The molecule has 0 fully saturated rings. The Morgan fingerprint density at radius 1 is 1.25 bits per heavy atom. The molecule has 7 heteroatoms. The number of hydrogen-bond acceptors (Lipinski definition) is 5. The normalized spacial score (nSPS) is 12.0. The number of carbonyl (C=O) groups is 2. The zero-order valence-corrected chi connectivity index (χ0v) is 14.6. The van der Waals surface area contributed by atoms with Crippen molar-refractivity contribution in [3.63, 3.8) is 0 Å². The molecule has 24 heavy (non-hydrogen) atoms. The summed E-state index contributed by atoms with van der Waals surface area (Å²) in [5, 5.41) is 5.74. The second-order valence-corrected chi connectivity index (χ2v) is 6.95.